The van der Waals surface area contributed by atoms with E-state index in [1.165, 1.54) is 17.5 Å². The molecular weight excluding hydrogens is 334 g/mol. The molecule has 2 aromatic rings. The summed E-state index contributed by atoms with van der Waals surface area (Å²) in [4.78, 5) is 11.0. The first-order valence-electron chi connectivity index (χ1n) is 7.63. The first-order chi connectivity index (χ1) is 11.7. The van der Waals surface area contributed by atoms with E-state index in [1.54, 1.807) is 12.3 Å². The van der Waals surface area contributed by atoms with Crippen molar-refractivity contribution in [2.24, 2.45) is 10.7 Å². The Bertz CT molecular complexity index is 750. The molecule has 0 atom stereocenters. The maximum Gasteiger partial charge on any atom is 0.333 e. The number of rotatable bonds is 6. The molecule has 6 nitrogen and oxygen atoms in total. The SMILES string of the molecule is CCC1=C(c2ccn(C(F)F)n2)CN=C(c2nccs2)N1CCN. The Morgan fingerprint density at radius 2 is 2.25 bits per heavy atom. The zero-order valence-electron chi connectivity index (χ0n) is 13.2. The van der Waals surface area contributed by atoms with Gasteiger partial charge in [0.15, 0.2) is 10.8 Å². The zero-order chi connectivity index (χ0) is 17.1. The van der Waals surface area contributed by atoms with Gasteiger partial charge in [-0.1, -0.05) is 6.92 Å². The van der Waals surface area contributed by atoms with Gasteiger partial charge in [0.2, 0.25) is 0 Å². The van der Waals surface area contributed by atoms with Crippen LogP contribution in [0.3, 0.4) is 0 Å². The number of nitrogens with zero attached hydrogens (tertiary/aromatic N) is 5. The number of halogens is 2. The number of aromatic nitrogens is 3. The van der Waals surface area contributed by atoms with Crippen LogP contribution in [-0.2, 0) is 0 Å². The molecule has 3 heterocycles. The summed E-state index contributed by atoms with van der Waals surface area (Å²) in [6, 6.07) is 1.60. The number of nitrogens with two attached hydrogens (primary N) is 1. The number of hydrogen-bond acceptors (Lipinski definition) is 6. The summed E-state index contributed by atoms with van der Waals surface area (Å²) in [6.45, 7) is 0.794. The lowest BCUT2D eigenvalue weighted by atomic mass is 10.1. The summed E-state index contributed by atoms with van der Waals surface area (Å²) < 4.78 is 26.2. The first kappa shape index (κ1) is 16.7. The molecule has 24 heavy (non-hydrogen) atoms. The van der Waals surface area contributed by atoms with Crippen molar-refractivity contribution in [1.82, 2.24) is 19.7 Å². The molecule has 0 aromatic carbocycles. The minimum absolute atomic E-state index is 0.388. The molecule has 0 amide bonds. The lowest BCUT2D eigenvalue weighted by Gasteiger charge is -2.32. The van der Waals surface area contributed by atoms with Gasteiger partial charge in [-0.3, -0.25) is 4.99 Å². The molecule has 128 valence electrons. The van der Waals surface area contributed by atoms with Gasteiger partial charge < -0.3 is 10.6 Å². The molecule has 0 radical (unpaired) electrons. The van der Waals surface area contributed by atoms with Crippen LogP contribution in [0.5, 0.6) is 0 Å². The average molecular weight is 352 g/mol. The summed E-state index contributed by atoms with van der Waals surface area (Å²) in [5.41, 5.74) is 8.14. The molecule has 0 saturated heterocycles. The Hall–Kier alpha value is -2.13. The Morgan fingerprint density at radius 3 is 2.83 bits per heavy atom. The quantitative estimate of drug-likeness (QED) is 0.867. The lowest BCUT2D eigenvalue weighted by Crippen LogP contribution is -2.38. The van der Waals surface area contributed by atoms with Crippen molar-refractivity contribution in [3.8, 4) is 0 Å². The third-order valence-electron chi connectivity index (χ3n) is 3.75. The monoisotopic (exact) mass is 352 g/mol. The fourth-order valence-corrected chi connectivity index (χ4v) is 3.40. The summed E-state index contributed by atoms with van der Waals surface area (Å²) in [5.74, 6) is 0.782. The Balaban J connectivity index is 2.00. The predicted octanol–water partition coefficient (Wildman–Crippen LogP) is 2.58. The highest BCUT2D eigenvalue weighted by atomic mass is 32.1. The van der Waals surface area contributed by atoms with Gasteiger partial charge in [-0.15, -0.1) is 11.3 Å². The Labute approximate surface area is 142 Å². The minimum atomic E-state index is -2.65. The topological polar surface area (TPSA) is 72.3 Å². The van der Waals surface area contributed by atoms with Gasteiger partial charge in [-0.2, -0.15) is 13.9 Å². The van der Waals surface area contributed by atoms with Crippen LogP contribution in [0.15, 0.2) is 34.5 Å². The molecule has 0 saturated carbocycles. The minimum Gasteiger partial charge on any atom is -0.329 e. The molecule has 1 aliphatic heterocycles. The van der Waals surface area contributed by atoms with Gasteiger partial charge in [-0.05, 0) is 12.5 Å². The van der Waals surface area contributed by atoms with Crippen LogP contribution in [0.1, 0.15) is 30.6 Å². The van der Waals surface area contributed by atoms with E-state index in [1.807, 2.05) is 17.2 Å². The average Bonchev–Trinajstić information content (AvgIpc) is 3.26. The molecule has 0 spiro atoms. The van der Waals surface area contributed by atoms with Crippen LogP contribution in [0.2, 0.25) is 0 Å². The molecule has 0 aliphatic carbocycles. The van der Waals surface area contributed by atoms with Crippen molar-refractivity contribution in [1.29, 1.82) is 0 Å². The number of allylic oxidation sites excluding steroid dienone is 1. The molecule has 2 aromatic heterocycles. The number of hydrogen-bond donors (Lipinski definition) is 1. The summed E-state index contributed by atoms with van der Waals surface area (Å²) in [5, 5.41) is 6.70. The maximum absolute atomic E-state index is 12.8. The fourth-order valence-electron chi connectivity index (χ4n) is 2.75. The molecule has 3 rings (SSSR count). The fraction of sp³-hybridized carbons (Fsp3) is 0.400. The third-order valence-corrected chi connectivity index (χ3v) is 4.51. The van der Waals surface area contributed by atoms with Crippen LogP contribution in [0, 0.1) is 0 Å². The maximum atomic E-state index is 12.8. The van der Waals surface area contributed by atoms with Crippen molar-refractivity contribution in [2.75, 3.05) is 19.6 Å². The third kappa shape index (κ3) is 3.09. The van der Waals surface area contributed by atoms with E-state index >= 15 is 0 Å². The van der Waals surface area contributed by atoms with Crippen molar-refractivity contribution in [3.63, 3.8) is 0 Å². The largest absolute Gasteiger partial charge is 0.333 e. The molecule has 2 N–H and O–H groups in total. The molecule has 0 bridgehead atoms. The zero-order valence-corrected chi connectivity index (χ0v) is 14.0. The van der Waals surface area contributed by atoms with Crippen molar-refractivity contribution in [3.05, 3.63) is 40.2 Å². The normalized spacial score (nSPS) is 15.4. The molecule has 9 heteroatoms. The van der Waals surface area contributed by atoms with Gasteiger partial charge in [0, 0.05) is 42.1 Å². The second-order valence-electron chi connectivity index (χ2n) is 5.15. The highest BCUT2D eigenvalue weighted by Gasteiger charge is 2.27. The van der Waals surface area contributed by atoms with Crippen LogP contribution < -0.4 is 5.73 Å². The van der Waals surface area contributed by atoms with E-state index in [9.17, 15) is 8.78 Å². The van der Waals surface area contributed by atoms with Gasteiger partial charge in [0.25, 0.3) is 0 Å². The highest BCUT2D eigenvalue weighted by Crippen LogP contribution is 2.29. The molecule has 1 aliphatic rings. The summed E-state index contributed by atoms with van der Waals surface area (Å²) >= 11 is 1.51. The summed E-state index contributed by atoms with van der Waals surface area (Å²) in [6.07, 6.45) is 3.74. The standard InChI is InChI=1S/C15H18F2N6S/c1-2-12-10(11-3-6-23(21-11)15(16)17)9-20-13(22(12)7-4-18)14-19-5-8-24-14/h3,5-6,8,15H,2,4,7,9,18H2,1H3. The van der Waals surface area contributed by atoms with E-state index in [4.69, 9.17) is 5.73 Å². The van der Waals surface area contributed by atoms with E-state index in [0.29, 0.717) is 30.0 Å². The molecular formula is C15H18F2N6S. The Morgan fingerprint density at radius 1 is 1.42 bits per heavy atom. The second-order valence-corrected chi connectivity index (χ2v) is 6.05. The molecule has 0 unspecified atom stereocenters. The van der Waals surface area contributed by atoms with Gasteiger partial charge >= 0.3 is 6.55 Å². The predicted molar refractivity (Wildman–Crippen MR) is 90.0 cm³/mol. The lowest BCUT2D eigenvalue weighted by molar-refractivity contribution is 0.0565. The van der Waals surface area contributed by atoms with Crippen LogP contribution in [-0.4, -0.2) is 45.1 Å². The summed E-state index contributed by atoms with van der Waals surface area (Å²) in [7, 11) is 0. The number of thiazole rings is 1. The van der Waals surface area contributed by atoms with E-state index in [0.717, 1.165) is 28.5 Å². The highest BCUT2D eigenvalue weighted by molar-refractivity contribution is 7.11. The van der Waals surface area contributed by atoms with Crippen molar-refractivity contribution in [2.45, 2.75) is 19.9 Å². The van der Waals surface area contributed by atoms with E-state index < -0.39 is 6.55 Å². The number of aliphatic imine (C=N–C) groups is 1. The smallest absolute Gasteiger partial charge is 0.329 e. The van der Waals surface area contributed by atoms with Crippen LogP contribution in [0.4, 0.5) is 8.78 Å². The number of amidine groups is 1. The number of alkyl halides is 2. The van der Waals surface area contributed by atoms with Crippen LogP contribution in [0.25, 0.3) is 5.57 Å². The van der Waals surface area contributed by atoms with Crippen LogP contribution >= 0.6 is 11.3 Å². The second kappa shape index (κ2) is 7.18. The van der Waals surface area contributed by atoms with Crippen molar-refractivity contribution >= 4 is 22.7 Å². The van der Waals surface area contributed by atoms with Crippen molar-refractivity contribution < 1.29 is 8.78 Å². The van der Waals surface area contributed by atoms with Gasteiger partial charge in [0.05, 0.1) is 12.2 Å². The first-order valence-corrected chi connectivity index (χ1v) is 8.51. The Kier molecular flexibility index (Phi) is 5.00. The van der Waals surface area contributed by atoms with Gasteiger partial charge in [0.1, 0.15) is 0 Å². The van der Waals surface area contributed by atoms with Gasteiger partial charge in [-0.25, -0.2) is 9.67 Å². The molecule has 0 fully saturated rings. The van der Waals surface area contributed by atoms with E-state index in [-0.39, 0.29) is 0 Å². The van der Waals surface area contributed by atoms with E-state index in [2.05, 4.69) is 15.1 Å².